The standard InChI is InChI=1S/C14H22N2.2ClH/c1-2-8-16-9-6-12(7-10-16)13-4-3-5-14(15)11-13;;/h3-5,11-12H,2,6-10,15H2,1H3;2*1H. The van der Waals surface area contributed by atoms with Gasteiger partial charge in [0.15, 0.2) is 0 Å². The van der Waals surface area contributed by atoms with Crippen LogP contribution in [0, 0.1) is 0 Å². The van der Waals surface area contributed by atoms with Gasteiger partial charge in [0.2, 0.25) is 0 Å². The first-order valence-corrected chi connectivity index (χ1v) is 6.37. The predicted molar refractivity (Wildman–Crippen MR) is 84.1 cm³/mol. The molecule has 1 aromatic carbocycles. The number of rotatable bonds is 3. The van der Waals surface area contributed by atoms with E-state index >= 15 is 0 Å². The molecule has 4 heteroatoms. The molecule has 1 aromatic rings. The van der Waals surface area contributed by atoms with Gasteiger partial charge >= 0.3 is 0 Å². The third kappa shape index (κ3) is 4.68. The summed E-state index contributed by atoms with van der Waals surface area (Å²) in [6.07, 6.45) is 3.83. The largest absolute Gasteiger partial charge is 0.399 e. The van der Waals surface area contributed by atoms with E-state index in [0.29, 0.717) is 0 Å². The molecule has 0 amide bonds. The normalized spacial score (nSPS) is 16.7. The second-order valence-corrected chi connectivity index (χ2v) is 4.79. The van der Waals surface area contributed by atoms with Gasteiger partial charge in [-0.3, -0.25) is 0 Å². The second kappa shape index (κ2) is 8.63. The fourth-order valence-corrected chi connectivity index (χ4v) is 2.62. The molecule has 0 unspecified atom stereocenters. The smallest absolute Gasteiger partial charge is 0.0316 e. The van der Waals surface area contributed by atoms with Crippen molar-refractivity contribution in [1.82, 2.24) is 4.90 Å². The first kappa shape index (κ1) is 17.6. The molecule has 0 aliphatic carbocycles. The highest BCUT2D eigenvalue weighted by atomic mass is 35.5. The Balaban J connectivity index is 0.00000144. The van der Waals surface area contributed by atoms with Gasteiger partial charge in [0.1, 0.15) is 0 Å². The van der Waals surface area contributed by atoms with Crippen LogP contribution >= 0.6 is 24.8 Å². The highest BCUT2D eigenvalue weighted by molar-refractivity contribution is 5.85. The number of hydrogen-bond acceptors (Lipinski definition) is 2. The lowest BCUT2D eigenvalue weighted by Gasteiger charge is -2.32. The molecule has 1 saturated heterocycles. The lowest BCUT2D eigenvalue weighted by molar-refractivity contribution is 0.213. The summed E-state index contributed by atoms with van der Waals surface area (Å²) in [5.41, 5.74) is 8.15. The number of anilines is 1. The average Bonchev–Trinajstić information content (AvgIpc) is 2.30. The topological polar surface area (TPSA) is 29.3 Å². The van der Waals surface area contributed by atoms with E-state index in [1.807, 2.05) is 6.07 Å². The van der Waals surface area contributed by atoms with Crippen LogP contribution in [0.15, 0.2) is 24.3 Å². The fraction of sp³-hybridized carbons (Fsp3) is 0.571. The molecule has 1 aliphatic rings. The summed E-state index contributed by atoms with van der Waals surface area (Å²) >= 11 is 0. The molecule has 104 valence electrons. The van der Waals surface area contributed by atoms with Crippen LogP contribution in [0.5, 0.6) is 0 Å². The molecule has 2 nitrogen and oxygen atoms in total. The lowest BCUT2D eigenvalue weighted by atomic mass is 9.89. The van der Waals surface area contributed by atoms with Gasteiger partial charge in [0.05, 0.1) is 0 Å². The van der Waals surface area contributed by atoms with Crippen molar-refractivity contribution in [3.8, 4) is 0 Å². The molecule has 1 heterocycles. The van der Waals surface area contributed by atoms with Crippen molar-refractivity contribution < 1.29 is 0 Å². The van der Waals surface area contributed by atoms with E-state index in [2.05, 4.69) is 30.0 Å². The summed E-state index contributed by atoms with van der Waals surface area (Å²) in [7, 11) is 0. The van der Waals surface area contributed by atoms with E-state index in [1.54, 1.807) is 0 Å². The number of likely N-dealkylation sites (tertiary alicyclic amines) is 1. The van der Waals surface area contributed by atoms with Crippen LogP contribution in [0.4, 0.5) is 5.69 Å². The van der Waals surface area contributed by atoms with Crippen LogP contribution in [0.3, 0.4) is 0 Å². The fourth-order valence-electron chi connectivity index (χ4n) is 2.62. The van der Waals surface area contributed by atoms with E-state index < -0.39 is 0 Å². The lowest BCUT2D eigenvalue weighted by Crippen LogP contribution is -2.33. The zero-order valence-corrected chi connectivity index (χ0v) is 12.6. The predicted octanol–water partition coefficient (Wildman–Crippen LogP) is 3.70. The average molecular weight is 291 g/mol. The van der Waals surface area contributed by atoms with Gasteiger partial charge in [0.25, 0.3) is 0 Å². The van der Waals surface area contributed by atoms with Crippen molar-refractivity contribution >= 4 is 30.5 Å². The van der Waals surface area contributed by atoms with Crippen LogP contribution in [-0.4, -0.2) is 24.5 Å². The highest BCUT2D eigenvalue weighted by Gasteiger charge is 2.19. The van der Waals surface area contributed by atoms with Crippen LogP contribution in [-0.2, 0) is 0 Å². The number of nitrogens with two attached hydrogens (primary N) is 1. The quantitative estimate of drug-likeness (QED) is 0.860. The Morgan fingerprint density at radius 1 is 1.22 bits per heavy atom. The van der Waals surface area contributed by atoms with Crippen molar-refractivity contribution in [2.45, 2.75) is 32.1 Å². The van der Waals surface area contributed by atoms with Crippen molar-refractivity contribution in [3.63, 3.8) is 0 Å². The van der Waals surface area contributed by atoms with Gasteiger partial charge in [-0.1, -0.05) is 19.1 Å². The molecule has 0 aromatic heterocycles. The first-order valence-electron chi connectivity index (χ1n) is 6.37. The molecule has 0 atom stereocenters. The van der Waals surface area contributed by atoms with Crippen molar-refractivity contribution in [3.05, 3.63) is 29.8 Å². The van der Waals surface area contributed by atoms with Gasteiger partial charge in [-0.15, -0.1) is 24.8 Å². The van der Waals surface area contributed by atoms with E-state index in [4.69, 9.17) is 5.73 Å². The Kier molecular flexibility index (Phi) is 8.41. The first-order chi connectivity index (χ1) is 7.79. The minimum absolute atomic E-state index is 0. The molecule has 0 spiro atoms. The minimum atomic E-state index is 0. The number of nitrogen functional groups attached to an aromatic ring is 1. The van der Waals surface area contributed by atoms with Crippen molar-refractivity contribution in [2.75, 3.05) is 25.4 Å². The summed E-state index contributed by atoms with van der Waals surface area (Å²) in [4.78, 5) is 2.57. The van der Waals surface area contributed by atoms with Gasteiger partial charge < -0.3 is 10.6 Å². The molecule has 0 saturated carbocycles. The zero-order valence-electron chi connectivity index (χ0n) is 11.0. The third-order valence-corrected chi connectivity index (χ3v) is 3.51. The van der Waals surface area contributed by atoms with Gasteiger partial charge in [0, 0.05) is 5.69 Å². The number of hydrogen-bond donors (Lipinski definition) is 1. The maximum atomic E-state index is 5.83. The zero-order chi connectivity index (χ0) is 11.4. The molecule has 2 rings (SSSR count). The van der Waals surface area contributed by atoms with E-state index in [0.717, 1.165) is 11.6 Å². The van der Waals surface area contributed by atoms with Crippen molar-refractivity contribution in [2.24, 2.45) is 0 Å². The van der Waals surface area contributed by atoms with Gasteiger partial charge in [-0.05, 0) is 62.5 Å². The number of nitrogens with zero attached hydrogens (tertiary/aromatic N) is 1. The molecule has 0 radical (unpaired) electrons. The number of halogens is 2. The maximum absolute atomic E-state index is 5.83. The summed E-state index contributed by atoms with van der Waals surface area (Å²) < 4.78 is 0. The number of piperidine rings is 1. The van der Waals surface area contributed by atoms with Crippen LogP contribution in [0.2, 0.25) is 0 Å². The van der Waals surface area contributed by atoms with E-state index in [1.165, 1.54) is 44.5 Å². The molecule has 2 N–H and O–H groups in total. The summed E-state index contributed by atoms with van der Waals surface area (Å²) in [5, 5.41) is 0. The molecular formula is C14H24Cl2N2. The molecule has 18 heavy (non-hydrogen) atoms. The molecular weight excluding hydrogens is 267 g/mol. The van der Waals surface area contributed by atoms with Crippen LogP contribution < -0.4 is 5.73 Å². The molecule has 0 bridgehead atoms. The molecule has 1 fully saturated rings. The highest BCUT2D eigenvalue weighted by Crippen LogP contribution is 2.28. The Hall–Kier alpha value is -0.440. The van der Waals surface area contributed by atoms with Gasteiger partial charge in [-0.25, -0.2) is 0 Å². The Bertz CT molecular complexity index is 336. The summed E-state index contributed by atoms with van der Waals surface area (Å²) in [5.74, 6) is 0.719. The third-order valence-electron chi connectivity index (χ3n) is 3.51. The monoisotopic (exact) mass is 290 g/mol. The Labute approximate surface area is 123 Å². The molecule has 1 aliphatic heterocycles. The van der Waals surface area contributed by atoms with E-state index in [-0.39, 0.29) is 24.8 Å². The second-order valence-electron chi connectivity index (χ2n) is 4.79. The summed E-state index contributed by atoms with van der Waals surface area (Å²) in [6, 6.07) is 8.40. The van der Waals surface area contributed by atoms with E-state index in [9.17, 15) is 0 Å². The Morgan fingerprint density at radius 2 is 1.89 bits per heavy atom. The maximum Gasteiger partial charge on any atom is 0.0316 e. The minimum Gasteiger partial charge on any atom is -0.399 e. The summed E-state index contributed by atoms with van der Waals surface area (Å²) in [6.45, 7) is 5.99. The Morgan fingerprint density at radius 3 is 2.44 bits per heavy atom. The van der Waals surface area contributed by atoms with Crippen LogP contribution in [0.25, 0.3) is 0 Å². The van der Waals surface area contributed by atoms with Crippen LogP contribution in [0.1, 0.15) is 37.7 Å². The van der Waals surface area contributed by atoms with Gasteiger partial charge in [-0.2, -0.15) is 0 Å². The SMILES string of the molecule is CCCN1CCC(c2cccc(N)c2)CC1.Cl.Cl. The number of benzene rings is 1. The van der Waals surface area contributed by atoms with Crippen molar-refractivity contribution in [1.29, 1.82) is 0 Å².